The molecule has 0 aromatic heterocycles. The maximum absolute atomic E-state index is 12.1. The van der Waals surface area contributed by atoms with Gasteiger partial charge < -0.3 is 15.5 Å². The van der Waals surface area contributed by atoms with Gasteiger partial charge in [0.15, 0.2) is 0 Å². The topological polar surface area (TPSA) is 69.6 Å². The molecule has 0 radical (unpaired) electrons. The van der Waals surface area contributed by atoms with Crippen molar-refractivity contribution in [1.29, 1.82) is 0 Å². The van der Waals surface area contributed by atoms with Gasteiger partial charge in [0, 0.05) is 6.42 Å². The van der Waals surface area contributed by atoms with Crippen LogP contribution in [-0.4, -0.2) is 34.9 Å². The van der Waals surface area contributed by atoms with Crippen LogP contribution >= 0.6 is 0 Å². The Morgan fingerprint density at radius 2 is 1.38 bits per heavy atom. The Hall–Kier alpha value is -1.13. The van der Waals surface area contributed by atoms with Gasteiger partial charge in [0.1, 0.15) is 0 Å². The predicted octanol–water partition coefficient (Wildman–Crippen LogP) is 5.83. The monoisotopic (exact) mass is 409 g/mol. The molecule has 0 saturated carbocycles. The van der Waals surface area contributed by atoms with E-state index in [1.807, 2.05) is 6.08 Å². The molecule has 1 amide bonds. The van der Waals surface area contributed by atoms with Crippen molar-refractivity contribution in [3.63, 3.8) is 0 Å². The van der Waals surface area contributed by atoms with Crippen LogP contribution in [0.3, 0.4) is 0 Å². The first kappa shape index (κ1) is 27.9. The molecular weight excluding hydrogens is 362 g/mol. The van der Waals surface area contributed by atoms with Crippen LogP contribution in [0.4, 0.5) is 0 Å². The number of aliphatic hydroxyl groups excluding tert-OH is 2. The molecule has 0 aliphatic carbocycles. The quantitative estimate of drug-likeness (QED) is 0.175. The highest BCUT2D eigenvalue weighted by Gasteiger charge is 2.17. The van der Waals surface area contributed by atoms with Crippen molar-refractivity contribution < 1.29 is 15.0 Å². The molecule has 0 saturated heterocycles. The summed E-state index contributed by atoms with van der Waals surface area (Å²) in [6.45, 7) is 4.14. The number of allylic oxidation sites excluding steroid dienone is 3. The fraction of sp³-hybridized carbons (Fsp3) is 0.800. The largest absolute Gasteiger partial charge is 0.394 e. The van der Waals surface area contributed by atoms with E-state index in [0.29, 0.717) is 6.42 Å². The van der Waals surface area contributed by atoms with Crippen molar-refractivity contribution in [2.45, 2.75) is 122 Å². The average molecular weight is 410 g/mol. The summed E-state index contributed by atoms with van der Waals surface area (Å²) in [4.78, 5) is 12.1. The lowest BCUT2D eigenvalue weighted by molar-refractivity contribution is -0.123. The van der Waals surface area contributed by atoms with Crippen molar-refractivity contribution in [2.75, 3.05) is 6.61 Å². The summed E-state index contributed by atoms with van der Waals surface area (Å²) in [7, 11) is 0. The van der Waals surface area contributed by atoms with E-state index in [2.05, 4.69) is 31.3 Å². The third kappa shape index (κ3) is 18.6. The zero-order valence-corrected chi connectivity index (χ0v) is 19.1. The Bertz CT molecular complexity index is 420. The molecule has 0 aliphatic heterocycles. The van der Waals surface area contributed by atoms with Crippen LogP contribution in [0.1, 0.15) is 110 Å². The van der Waals surface area contributed by atoms with Crippen LogP contribution in [0.25, 0.3) is 0 Å². The smallest absolute Gasteiger partial charge is 0.220 e. The number of hydrogen-bond acceptors (Lipinski definition) is 3. The third-order valence-corrected chi connectivity index (χ3v) is 5.16. The van der Waals surface area contributed by atoms with Gasteiger partial charge in [-0.15, -0.1) is 0 Å². The maximum Gasteiger partial charge on any atom is 0.220 e. The number of unbranched alkanes of at least 4 members (excludes halogenated alkanes) is 11. The van der Waals surface area contributed by atoms with Crippen molar-refractivity contribution in [3.05, 3.63) is 24.3 Å². The molecule has 4 heteroatoms. The van der Waals surface area contributed by atoms with Crippen LogP contribution in [-0.2, 0) is 4.79 Å². The second-order valence-corrected chi connectivity index (χ2v) is 8.04. The van der Waals surface area contributed by atoms with E-state index in [0.717, 1.165) is 38.5 Å². The molecule has 0 aromatic rings. The zero-order valence-electron chi connectivity index (χ0n) is 19.1. The fourth-order valence-electron chi connectivity index (χ4n) is 3.23. The average Bonchev–Trinajstić information content (AvgIpc) is 2.72. The van der Waals surface area contributed by atoms with E-state index in [-0.39, 0.29) is 12.5 Å². The van der Waals surface area contributed by atoms with Crippen molar-refractivity contribution in [1.82, 2.24) is 5.32 Å². The predicted molar refractivity (Wildman–Crippen MR) is 124 cm³/mol. The Morgan fingerprint density at radius 1 is 0.793 bits per heavy atom. The Morgan fingerprint density at radius 3 is 2.03 bits per heavy atom. The van der Waals surface area contributed by atoms with E-state index < -0.39 is 12.1 Å². The molecule has 0 fully saturated rings. The first-order valence-corrected chi connectivity index (χ1v) is 12.1. The number of amides is 1. The van der Waals surface area contributed by atoms with E-state index in [4.69, 9.17) is 0 Å². The maximum atomic E-state index is 12.1. The normalized spacial score (nSPS) is 13.9. The second kappa shape index (κ2) is 21.6. The minimum Gasteiger partial charge on any atom is -0.394 e. The van der Waals surface area contributed by atoms with E-state index >= 15 is 0 Å². The van der Waals surface area contributed by atoms with E-state index in [9.17, 15) is 15.0 Å². The SMILES string of the molecule is CCC/C=C\CCCCCCCC(=O)NC(CO)C(O)/C=C/CCCCCCC. The zero-order chi connectivity index (χ0) is 21.6. The van der Waals surface area contributed by atoms with Gasteiger partial charge in [-0.25, -0.2) is 0 Å². The van der Waals surface area contributed by atoms with Crippen molar-refractivity contribution >= 4 is 5.91 Å². The molecule has 29 heavy (non-hydrogen) atoms. The van der Waals surface area contributed by atoms with Crippen LogP contribution in [0.2, 0.25) is 0 Å². The summed E-state index contributed by atoms with van der Waals surface area (Å²) in [5, 5.41) is 22.4. The van der Waals surface area contributed by atoms with Gasteiger partial charge in [-0.05, 0) is 38.5 Å². The first-order chi connectivity index (χ1) is 14.2. The van der Waals surface area contributed by atoms with Gasteiger partial charge in [0.25, 0.3) is 0 Å². The molecular formula is C25H47NO3. The Kier molecular flexibility index (Phi) is 20.7. The lowest BCUT2D eigenvalue weighted by Crippen LogP contribution is -2.45. The molecule has 0 aromatic carbocycles. The van der Waals surface area contributed by atoms with Gasteiger partial charge in [-0.1, -0.05) is 89.5 Å². The van der Waals surface area contributed by atoms with Gasteiger partial charge in [0.2, 0.25) is 5.91 Å². The van der Waals surface area contributed by atoms with E-state index in [1.54, 1.807) is 6.08 Å². The highest BCUT2D eigenvalue weighted by Crippen LogP contribution is 2.09. The lowest BCUT2D eigenvalue weighted by Gasteiger charge is -2.20. The Labute approximate surface area is 179 Å². The highest BCUT2D eigenvalue weighted by molar-refractivity contribution is 5.76. The minimum atomic E-state index is -0.833. The van der Waals surface area contributed by atoms with Gasteiger partial charge in [-0.3, -0.25) is 4.79 Å². The lowest BCUT2D eigenvalue weighted by atomic mass is 10.1. The summed E-state index contributed by atoms with van der Waals surface area (Å²) in [5.74, 6) is -0.0847. The van der Waals surface area contributed by atoms with Gasteiger partial charge >= 0.3 is 0 Å². The molecule has 3 N–H and O–H groups in total. The highest BCUT2D eigenvalue weighted by atomic mass is 16.3. The molecule has 0 heterocycles. The number of hydrogen-bond donors (Lipinski definition) is 3. The van der Waals surface area contributed by atoms with Crippen LogP contribution in [0.5, 0.6) is 0 Å². The van der Waals surface area contributed by atoms with Crippen LogP contribution < -0.4 is 5.32 Å². The van der Waals surface area contributed by atoms with Gasteiger partial charge in [0.05, 0.1) is 18.8 Å². The van der Waals surface area contributed by atoms with Gasteiger partial charge in [-0.2, -0.15) is 0 Å². The van der Waals surface area contributed by atoms with Crippen LogP contribution in [0.15, 0.2) is 24.3 Å². The summed E-state index contributed by atoms with van der Waals surface area (Å²) < 4.78 is 0. The fourth-order valence-corrected chi connectivity index (χ4v) is 3.23. The number of nitrogens with one attached hydrogen (secondary N) is 1. The Balaban J connectivity index is 3.79. The molecule has 170 valence electrons. The molecule has 2 atom stereocenters. The summed E-state index contributed by atoms with van der Waals surface area (Å²) in [6.07, 6.45) is 23.9. The number of carbonyl (C=O) groups is 1. The molecule has 4 nitrogen and oxygen atoms in total. The van der Waals surface area contributed by atoms with Crippen LogP contribution in [0, 0.1) is 0 Å². The minimum absolute atomic E-state index is 0.0847. The second-order valence-electron chi connectivity index (χ2n) is 8.04. The number of rotatable bonds is 20. The molecule has 0 spiro atoms. The van der Waals surface area contributed by atoms with Crippen molar-refractivity contribution in [3.8, 4) is 0 Å². The standard InChI is InChI=1S/C25H47NO3/c1-3-5-7-9-11-12-13-15-17-19-21-25(29)26-23(22-27)24(28)20-18-16-14-10-8-6-4-2/h7,9,18,20,23-24,27-28H,3-6,8,10-17,19,21-22H2,1-2H3,(H,26,29)/b9-7-,20-18+. The van der Waals surface area contributed by atoms with Crippen molar-refractivity contribution in [2.24, 2.45) is 0 Å². The number of carbonyl (C=O) groups excluding carboxylic acids is 1. The summed E-state index contributed by atoms with van der Waals surface area (Å²) in [5.41, 5.74) is 0. The summed E-state index contributed by atoms with van der Waals surface area (Å²) >= 11 is 0. The summed E-state index contributed by atoms with van der Waals surface area (Å²) in [6, 6.07) is -0.617. The molecule has 2 unspecified atom stereocenters. The first-order valence-electron chi connectivity index (χ1n) is 12.1. The van der Waals surface area contributed by atoms with E-state index in [1.165, 1.54) is 51.4 Å². The number of aliphatic hydroxyl groups is 2. The molecule has 0 rings (SSSR count). The third-order valence-electron chi connectivity index (χ3n) is 5.16. The molecule has 0 bridgehead atoms. The molecule has 0 aliphatic rings.